The van der Waals surface area contributed by atoms with Crippen LogP contribution in [0.5, 0.6) is 5.75 Å². The second-order valence-electron chi connectivity index (χ2n) is 9.72. The van der Waals surface area contributed by atoms with Crippen molar-refractivity contribution in [3.63, 3.8) is 0 Å². The summed E-state index contributed by atoms with van der Waals surface area (Å²) in [5.41, 5.74) is 2.29. The molecule has 3 aromatic rings. The molecule has 39 heavy (non-hydrogen) atoms. The molecule has 7 nitrogen and oxygen atoms in total. The van der Waals surface area contributed by atoms with Crippen molar-refractivity contribution in [2.45, 2.75) is 13.0 Å². The molecular weight excluding hydrogens is 497 g/mol. The van der Waals surface area contributed by atoms with Crippen LogP contribution >= 0.6 is 0 Å². The Hall–Kier alpha value is -4.01. The Morgan fingerprint density at radius 3 is 2.49 bits per heavy atom. The van der Waals surface area contributed by atoms with Crippen LogP contribution in [0.15, 0.2) is 78.6 Å². The second kappa shape index (κ2) is 12.2. The van der Waals surface area contributed by atoms with E-state index in [9.17, 15) is 14.0 Å². The summed E-state index contributed by atoms with van der Waals surface area (Å²) in [6, 6.07) is 20.7. The number of fused-ring (bicyclic) bond motifs is 1. The van der Waals surface area contributed by atoms with Gasteiger partial charge in [0.15, 0.2) is 11.5 Å². The molecule has 3 aromatic carbocycles. The van der Waals surface area contributed by atoms with Crippen LogP contribution in [0, 0.1) is 5.82 Å². The van der Waals surface area contributed by atoms with Crippen molar-refractivity contribution in [2.75, 3.05) is 51.3 Å². The van der Waals surface area contributed by atoms with Gasteiger partial charge in [0.2, 0.25) is 0 Å². The molecule has 2 aliphatic rings. The molecule has 0 saturated carbocycles. The monoisotopic (exact) mass is 529 g/mol. The average molecular weight is 530 g/mol. The number of para-hydroxylation sites is 2. The summed E-state index contributed by atoms with van der Waals surface area (Å²) in [7, 11) is 1.81. The van der Waals surface area contributed by atoms with Crippen LogP contribution in [0.1, 0.15) is 27.9 Å². The summed E-state index contributed by atoms with van der Waals surface area (Å²) in [6.45, 7) is 5.10. The van der Waals surface area contributed by atoms with Crippen molar-refractivity contribution in [1.82, 2.24) is 9.80 Å². The van der Waals surface area contributed by atoms with Gasteiger partial charge in [-0.15, -0.1) is 0 Å². The minimum atomic E-state index is -0.369. The normalized spacial score (nSPS) is 16.6. The lowest BCUT2D eigenvalue weighted by Crippen LogP contribution is -2.38. The fourth-order valence-corrected chi connectivity index (χ4v) is 4.77. The van der Waals surface area contributed by atoms with E-state index in [-0.39, 0.29) is 29.9 Å². The van der Waals surface area contributed by atoms with Gasteiger partial charge in [0.25, 0.3) is 11.8 Å². The van der Waals surface area contributed by atoms with E-state index >= 15 is 0 Å². The summed E-state index contributed by atoms with van der Waals surface area (Å²) in [5, 5.41) is 0. The molecule has 2 amide bonds. The van der Waals surface area contributed by atoms with E-state index in [2.05, 4.69) is 4.90 Å². The van der Waals surface area contributed by atoms with Gasteiger partial charge in [-0.05, 0) is 48.4 Å². The number of morpholine rings is 1. The third-order valence-corrected chi connectivity index (χ3v) is 6.99. The summed E-state index contributed by atoms with van der Waals surface area (Å²) in [4.78, 5) is 32.0. The van der Waals surface area contributed by atoms with Crippen LogP contribution in [-0.2, 0) is 16.1 Å². The van der Waals surface area contributed by atoms with Crippen LogP contribution in [0.25, 0.3) is 6.08 Å². The van der Waals surface area contributed by atoms with Gasteiger partial charge in [0.1, 0.15) is 5.82 Å². The van der Waals surface area contributed by atoms with Crippen molar-refractivity contribution < 1.29 is 23.5 Å². The zero-order valence-corrected chi connectivity index (χ0v) is 22.0. The quantitative estimate of drug-likeness (QED) is 0.400. The molecule has 0 N–H and O–H groups in total. The zero-order valence-electron chi connectivity index (χ0n) is 22.0. The summed E-state index contributed by atoms with van der Waals surface area (Å²) in [6.07, 6.45) is 2.55. The Morgan fingerprint density at radius 2 is 1.72 bits per heavy atom. The molecule has 5 rings (SSSR count). The molecule has 0 aromatic heterocycles. The summed E-state index contributed by atoms with van der Waals surface area (Å²) >= 11 is 0. The molecular formula is C31H32FN3O4. The van der Waals surface area contributed by atoms with Gasteiger partial charge in [-0.2, -0.15) is 0 Å². The highest BCUT2D eigenvalue weighted by atomic mass is 19.1. The third kappa shape index (κ3) is 6.35. The fraction of sp³-hybridized carbons (Fsp3) is 0.290. The van der Waals surface area contributed by atoms with E-state index in [4.69, 9.17) is 9.47 Å². The van der Waals surface area contributed by atoms with Gasteiger partial charge < -0.3 is 14.4 Å². The Balaban J connectivity index is 1.27. The molecule has 1 saturated heterocycles. The Morgan fingerprint density at radius 1 is 1.00 bits per heavy atom. The number of benzene rings is 3. The highest BCUT2D eigenvalue weighted by Crippen LogP contribution is 2.36. The van der Waals surface area contributed by atoms with Crippen molar-refractivity contribution >= 4 is 23.6 Å². The number of carbonyl (C=O) groups excluding carboxylic acids is 2. The van der Waals surface area contributed by atoms with Crippen LogP contribution in [0.3, 0.4) is 0 Å². The lowest BCUT2D eigenvalue weighted by molar-refractivity contribution is -0.117. The Kier molecular flexibility index (Phi) is 8.34. The first kappa shape index (κ1) is 26.6. The first-order valence-electron chi connectivity index (χ1n) is 13.2. The number of rotatable bonds is 8. The maximum atomic E-state index is 14.4. The number of hydrogen-bond acceptors (Lipinski definition) is 5. The molecule has 0 aliphatic carbocycles. The number of amides is 2. The van der Waals surface area contributed by atoms with Crippen molar-refractivity contribution in [2.24, 2.45) is 0 Å². The highest BCUT2D eigenvalue weighted by molar-refractivity contribution is 6.09. The highest BCUT2D eigenvalue weighted by Gasteiger charge is 2.30. The van der Waals surface area contributed by atoms with Crippen LogP contribution in [-0.4, -0.2) is 68.1 Å². The molecule has 0 radical (unpaired) electrons. The van der Waals surface area contributed by atoms with E-state index in [1.807, 2.05) is 19.2 Å². The molecule has 0 spiro atoms. The topological polar surface area (TPSA) is 62.3 Å². The van der Waals surface area contributed by atoms with Gasteiger partial charge in [-0.25, -0.2) is 4.39 Å². The number of ether oxygens (including phenoxy) is 2. The van der Waals surface area contributed by atoms with Gasteiger partial charge in [0, 0.05) is 44.4 Å². The number of hydrogen-bond donors (Lipinski definition) is 0. The number of carbonyl (C=O) groups is 2. The maximum Gasteiger partial charge on any atom is 0.294 e. The van der Waals surface area contributed by atoms with E-state index in [0.717, 1.165) is 44.8 Å². The van der Waals surface area contributed by atoms with Gasteiger partial charge in [0.05, 0.1) is 25.4 Å². The van der Waals surface area contributed by atoms with Gasteiger partial charge in [-0.1, -0.05) is 42.5 Å². The molecule has 0 bridgehead atoms. The molecule has 8 heteroatoms. The predicted octanol–water partition coefficient (Wildman–Crippen LogP) is 4.59. The standard InChI is InChI=1S/C31H32FN3O4/c1-33(15-6-16-34-17-19-38-20-18-34)30(36)24-13-11-23(12-14-24)21-29-31(37)35(22-25-7-2-3-8-26(25)32)27-9-4-5-10-28(27)39-29/h2-5,7-14,21H,6,15-20,22H2,1H3. The van der Waals surface area contributed by atoms with Crippen LogP contribution < -0.4 is 9.64 Å². The largest absolute Gasteiger partial charge is 0.449 e. The number of anilines is 1. The first-order chi connectivity index (χ1) is 19.0. The lowest BCUT2D eigenvalue weighted by atomic mass is 10.1. The average Bonchev–Trinajstić information content (AvgIpc) is 2.96. The summed E-state index contributed by atoms with van der Waals surface area (Å²) in [5.74, 6) is -0.135. The molecule has 2 heterocycles. The lowest BCUT2D eigenvalue weighted by Gasteiger charge is -2.30. The predicted molar refractivity (Wildman–Crippen MR) is 148 cm³/mol. The van der Waals surface area contributed by atoms with Crippen LogP contribution in [0.2, 0.25) is 0 Å². The third-order valence-electron chi connectivity index (χ3n) is 6.99. The van der Waals surface area contributed by atoms with Crippen molar-refractivity contribution in [3.8, 4) is 5.75 Å². The van der Waals surface area contributed by atoms with E-state index in [0.29, 0.717) is 29.1 Å². The Labute approximate surface area is 228 Å². The molecule has 1 fully saturated rings. The van der Waals surface area contributed by atoms with Crippen molar-refractivity contribution in [3.05, 3.63) is 101 Å². The maximum absolute atomic E-state index is 14.4. The van der Waals surface area contributed by atoms with E-state index in [1.165, 1.54) is 11.0 Å². The van der Waals surface area contributed by atoms with E-state index in [1.54, 1.807) is 65.6 Å². The molecule has 0 unspecified atom stereocenters. The SMILES string of the molecule is CN(CCCN1CCOCC1)C(=O)c1ccc(C=C2Oc3ccccc3N(Cc3ccccc3F)C2=O)cc1. The fourth-order valence-electron chi connectivity index (χ4n) is 4.77. The molecule has 0 atom stereocenters. The van der Waals surface area contributed by atoms with Gasteiger partial charge >= 0.3 is 0 Å². The number of halogens is 1. The van der Waals surface area contributed by atoms with Crippen molar-refractivity contribution in [1.29, 1.82) is 0 Å². The van der Waals surface area contributed by atoms with E-state index < -0.39 is 0 Å². The Bertz CT molecular complexity index is 1350. The summed E-state index contributed by atoms with van der Waals surface area (Å²) < 4.78 is 25.7. The number of nitrogens with zero attached hydrogens (tertiary/aromatic N) is 3. The minimum absolute atomic E-state index is 0.0498. The molecule has 2 aliphatic heterocycles. The smallest absolute Gasteiger partial charge is 0.294 e. The first-order valence-corrected chi connectivity index (χ1v) is 13.2. The van der Waals surface area contributed by atoms with Crippen LogP contribution in [0.4, 0.5) is 10.1 Å². The zero-order chi connectivity index (χ0) is 27.2. The van der Waals surface area contributed by atoms with Gasteiger partial charge in [-0.3, -0.25) is 19.4 Å². The minimum Gasteiger partial charge on any atom is -0.449 e. The second-order valence-corrected chi connectivity index (χ2v) is 9.72. The molecule has 202 valence electrons.